The lowest BCUT2D eigenvalue weighted by molar-refractivity contribution is 0.114. The zero-order valence-corrected chi connectivity index (χ0v) is 20.4. The Morgan fingerprint density at radius 2 is 1.67 bits per heavy atom. The van der Waals surface area contributed by atoms with E-state index in [1.54, 1.807) is 12.1 Å². The first-order valence-corrected chi connectivity index (χ1v) is 13.0. The summed E-state index contributed by atoms with van der Waals surface area (Å²) < 4.78 is 20.5. The van der Waals surface area contributed by atoms with Gasteiger partial charge < -0.3 is 4.74 Å². The van der Waals surface area contributed by atoms with Crippen molar-refractivity contribution in [1.82, 2.24) is 0 Å². The molecule has 0 N–H and O–H groups in total. The van der Waals surface area contributed by atoms with E-state index in [-0.39, 0.29) is 11.4 Å². The van der Waals surface area contributed by atoms with E-state index in [1.165, 1.54) is 56.9 Å². The molecule has 176 valence electrons. The molecule has 3 heteroatoms. The first kappa shape index (κ1) is 22.6. The fourth-order valence-electron chi connectivity index (χ4n) is 6.50. The van der Waals surface area contributed by atoms with Crippen LogP contribution in [0.15, 0.2) is 47.5 Å². The monoisotopic (exact) mass is 447 g/mol. The van der Waals surface area contributed by atoms with E-state index >= 15 is 0 Å². The Hall–Kier alpha value is -2.16. The molecule has 1 unspecified atom stereocenters. The predicted molar refractivity (Wildman–Crippen MR) is 134 cm³/mol. The zero-order valence-electron chi connectivity index (χ0n) is 20.4. The average molecular weight is 448 g/mol. The van der Waals surface area contributed by atoms with Gasteiger partial charge >= 0.3 is 0 Å². The SMILES string of the molecule is CCCC1CC[C@@H]2C[C@H](c3ccc(-c4ccc(C5=NC(C)(C)CO5)c(F)c4)cc3)CC[C@@H]2C1. The van der Waals surface area contributed by atoms with E-state index < -0.39 is 0 Å². The standard InChI is InChI=1S/C30H38FNO/c1-4-5-20-6-7-25-17-24(13-12-23(25)16-20)21-8-10-22(11-9-21)26-14-15-27(28(31)18-26)29-32-30(2,3)19-33-29/h8-11,14-15,18,20,23-25H,4-7,12-13,16-17,19H2,1-3H3/t20?,23-,24-,25-/m1/s1. The molecule has 1 heterocycles. The van der Waals surface area contributed by atoms with Crippen LogP contribution in [0.3, 0.4) is 0 Å². The van der Waals surface area contributed by atoms with Gasteiger partial charge in [-0.15, -0.1) is 0 Å². The van der Waals surface area contributed by atoms with Crippen LogP contribution >= 0.6 is 0 Å². The maximum Gasteiger partial charge on any atom is 0.219 e. The molecular formula is C30H38FNO. The third-order valence-corrected chi connectivity index (χ3v) is 8.30. The maximum atomic E-state index is 14.9. The van der Waals surface area contributed by atoms with Crippen molar-refractivity contribution in [2.24, 2.45) is 22.7 Å². The number of benzene rings is 2. The second-order valence-electron chi connectivity index (χ2n) is 11.3. The number of rotatable bonds is 5. The van der Waals surface area contributed by atoms with Gasteiger partial charge in [-0.1, -0.05) is 56.5 Å². The summed E-state index contributed by atoms with van der Waals surface area (Å²) in [4.78, 5) is 4.51. The average Bonchev–Trinajstić information content (AvgIpc) is 3.18. The number of ether oxygens (including phenoxy) is 1. The highest BCUT2D eigenvalue weighted by Crippen LogP contribution is 2.48. The van der Waals surface area contributed by atoms with Gasteiger partial charge in [-0.25, -0.2) is 9.38 Å². The van der Waals surface area contributed by atoms with Crippen LogP contribution in [0.2, 0.25) is 0 Å². The van der Waals surface area contributed by atoms with Crippen molar-refractivity contribution in [3.63, 3.8) is 0 Å². The lowest BCUT2D eigenvalue weighted by Crippen LogP contribution is -2.30. The molecule has 4 atom stereocenters. The molecule has 0 aromatic heterocycles. The summed E-state index contributed by atoms with van der Waals surface area (Å²) in [5.74, 6) is 3.69. The van der Waals surface area contributed by atoms with Crippen LogP contribution in [0.4, 0.5) is 4.39 Å². The number of halogens is 1. The van der Waals surface area contributed by atoms with E-state index in [9.17, 15) is 4.39 Å². The minimum atomic E-state index is -0.287. The number of hydrogen-bond donors (Lipinski definition) is 0. The quantitative estimate of drug-likeness (QED) is 0.453. The van der Waals surface area contributed by atoms with Crippen molar-refractivity contribution >= 4 is 5.90 Å². The Bertz CT molecular complexity index is 1010. The number of nitrogens with zero attached hydrogens (tertiary/aromatic N) is 1. The van der Waals surface area contributed by atoms with E-state index in [0.717, 1.165) is 28.9 Å². The minimum absolute atomic E-state index is 0.273. The van der Waals surface area contributed by atoms with Gasteiger partial charge in [0.15, 0.2) is 0 Å². The lowest BCUT2D eigenvalue weighted by Gasteiger charge is -2.42. The van der Waals surface area contributed by atoms with Crippen LogP contribution in [-0.2, 0) is 4.74 Å². The lowest BCUT2D eigenvalue weighted by atomic mass is 9.63. The van der Waals surface area contributed by atoms with Crippen molar-refractivity contribution in [1.29, 1.82) is 0 Å². The van der Waals surface area contributed by atoms with Crippen molar-refractivity contribution in [3.05, 3.63) is 59.4 Å². The smallest absolute Gasteiger partial charge is 0.219 e. The van der Waals surface area contributed by atoms with Crippen molar-refractivity contribution < 1.29 is 9.13 Å². The van der Waals surface area contributed by atoms with E-state index in [2.05, 4.69) is 36.2 Å². The summed E-state index contributed by atoms with van der Waals surface area (Å²) in [5, 5.41) is 0. The van der Waals surface area contributed by atoms with Gasteiger partial charge in [0.05, 0.1) is 11.1 Å². The largest absolute Gasteiger partial charge is 0.475 e. The molecule has 2 nitrogen and oxygen atoms in total. The molecule has 0 bridgehead atoms. The van der Waals surface area contributed by atoms with Gasteiger partial charge in [0.1, 0.15) is 12.4 Å². The summed E-state index contributed by atoms with van der Waals surface area (Å²) in [6, 6.07) is 14.3. The zero-order chi connectivity index (χ0) is 23.0. The predicted octanol–water partition coefficient (Wildman–Crippen LogP) is 8.15. The molecule has 1 aliphatic heterocycles. The molecule has 2 saturated carbocycles. The van der Waals surface area contributed by atoms with E-state index in [1.807, 2.05) is 19.9 Å². The molecule has 2 aromatic rings. The summed E-state index contributed by atoms with van der Waals surface area (Å²) in [7, 11) is 0. The first-order chi connectivity index (χ1) is 15.9. The molecule has 0 saturated heterocycles. The van der Waals surface area contributed by atoms with Crippen LogP contribution in [-0.4, -0.2) is 18.0 Å². The molecule has 0 radical (unpaired) electrons. The molecule has 2 fully saturated rings. The Balaban J connectivity index is 1.25. The molecular weight excluding hydrogens is 409 g/mol. The second-order valence-corrected chi connectivity index (χ2v) is 11.3. The second kappa shape index (κ2) is 9.24. The summed E-state index contributed by atoms with van der Waals surface area (Å²) in [6.07, 6.45) is 11.2. The fourth-order valence-corrected chi connectivity index (χ4v) is 6.50. The van der Waals surface area contributed by atoms with Crippen molar-refractivity contribution in [2.45, 2.75) is 83.6 Å². The highest BCUT2D eigenvalue weighted by molar-refractivity contribution is 5.96. The molecule has 2 aromatic carbocycles. The third kappa shape index (κ3) is 4.88. The van der Waals surface area contributed by atoms with Gasteiger partial charge in [-0.05, 0) is 98.4 Å². The van der Waals surface area contributed by atoms with Gasteiger partial charge in [-0.3, -0.25) is 0 Å². The van der Waals surface area contributed by atoms with Gasteiger partial charge in [0.25, 0.3) is 0 Å². The van der Waals surface area contributed by atoms with E-state index in [4.69, 9.17) is 4.74 Å². The van der Waals surface area contributed by atoms with Crippen LogP contribution in [0.5, 0.6) is 0 Å². The minimum Gasteiger partial charge on any atom is -0.475 e. The Labute approximate surface area is 198 Å². The molecule has 0 amide bonds. The van der Waals surface area contributed by atoms with Crippen LogP contribution in [0.25, 0.3) is 11.1 Å². The first-order valence-electron chi connectivity index (χ1n) is 13.0. The van der Waals surface area contributed by atoms with E-state index in [0.29, 0.717) is 24.0 Å². The normalized spacial score (nSPS) is 28.7. The molecule has 2 aliphatic carbocycles. The molecule has 33 heavy (non-hydrogen) atoms. The van der Waals surface area contributed by atoms with Crippen molar-refractivity contribution in [2.75, 3.05) is 6.61 Å². The third-order valence-electron chi connectivity index (χ3n) is 8.30. The van der Waals surface area contributed by atoms with Gasteiger partial charge in [0, 0.05) is 0 Å². The molecule has 3 aliphatic rings. The number of fused-ring (bicyclic) bond motifs is 1. The highest BCUT2D eigenvalue weighted by atomic mass is 19.1. The Morgan fingerprint density at radius 3 is 2.36 bits per heavy atom. The van der Waals surface area contributed by atoms with Crippen LogP contribution < -0.4 is 0 Å². The Morgan fingerprint density at radius 1 is 0.939 bits per heavy atom. The molecule has 0 spiro atoms. The van der Waals surface area contributed by atoms with Gasteiger partial charge in [-0.2, -0.15) is 0 Å². The topological polar surface area (TPSA) is 21.6 Å². The number of aliphatic imine (C=N–C) groups is 1. The summed E-state index contributed by atoms with van der Waals surface area (Å²) in [5.41, 5.74) is 3.59. The summed E-state index contributed by atoms with van der Waals surface area (Å²) >= 11 is 0. The highest BCUT2D eigenvalue weighted by Gasteiger charge is 2.35. The molecule has 5 rings (SSSR count). The summed E-state index contributed by atoms with van der Waals surface area (Å²) in [6.45, 7) is 6.82. The number of hydrogen-bond acceptors (Lipinski definition) is 2. The van der Waals surface area contributed by atoms with Gasteiger partial charge in [0.2, 0.25) is 5.90 Å². The van der Waals surface area contributed by atoms with Crippen molar-refractivity contribution in [3.8, 4) is 11.1 Å². The Kier molecular flexibility index (Phi) is 6.33. The van der Waals surface area contributed by atoms with Crippen LogP contribution in [0, 0.1) is 23.6 Å². The maximum absolute atomic E-state index is 14.9. The fraction of sp³-hybridized carbons (Fsp3) is 0.567. The van der Waals surface area contributed by atoms with Crippen LogP contribution in [0.1, 0.15) is 89.2 Å².